The third kappa shape index (κ3) is 2.77. The predicted octanol–water partition coefficient (Wildman–Crippen LogP) is 2.91. The van der Waals surface area contributed by atoms with Crippen molar-refractivity contribution in [3.8, 4) is 0 Å². The van der Waals surface area contributed by atoms with Crippen LogP contribution in [0.4, 0.5) is 5.82 Å². The van der Waals surface area contributed by atoms with Crippen molar-refractivity contribution in [2.45, 2.75) is 11.1 Å². The van der Waals surface area contributed by atoms with Crippen molar-refractivity contribution < 1.29 is 8.42 Å². The Morgan fingerprint density at radius 2 is 2.12 bits per heavy atom. The summed E-state index contributed by atoms with van der Waals surface area (Å²) in [5.41, 5.74) is 0. The maximum atomic E-state index is 12.0. The van der Waals surface area contributed by atoms with E-state index in [2.05, 4.69) is 9.71 Å². The number of aryl methyl sites for hydroxylation is 1. The lowest BCUT2D eigenvalue weighted by atomic mass is 10.5. The highest BCUT2D eigenvalue weighted by molar-refractivity contribution is 7.94. The second-order valence-electron chi connectivity index (χ2n) is 3.30. The Morgan fingerprint density at radius 3 is 2.71 bits per heavy atom. The van der Waals surface area contributed by atoms with Crippen molar-refractivity contribution in [3.63, 3.8) is 0 Å². The van der Waals surface area contributed by atoms with Gasteiger partial charge < -0.3 is 0 Å². The minimum atomic E-state index is -3.59. The Bertz CT molecular complexity index is 637. The van der Waals surface area contributed by atoms with Crippen molar-refractivity contribution in [1.82, 2.24) is 4.98 Å². The second kappa shape index (κ2) is 4.64. The SMILES string of the molecule is Cc1ccc(S(=O)(=O)Nc2ncccc2Cl)s1. The molecule has 0 radical (unpaired) electrons. The number of rotatable bonds is 3. The molecule has 7 heteroatoms. The lowest BCUT2D eigenvalue weighted by Crippen LogP contribution is -2.12. The van der Waals surface area contributed by atoms with Gasteiger partial charge in [-0.05, 0) is 31.2 Å². The van der Waals surface area contributed by atoms with Crippen LogP contribution in [0.5, 0.6) is 0 Å². The zero-order valence-corrected chi connectivity index (χ0v) is 11.2. The number of aromatic nitrogens is 1. The first-order valence-corrected chi connectivity index (χ1v) is 7.36. The van der Waals surface area contributed by atoms with Crippen molar-refractivity contribution >= 4 is 38.8 Å². The van der Waals surface area contributed by atoms with Crippen LogP contribution < -0.4 is 4.72 Å². The molecule has 2 rings (SSSR count). The largest absolute Gasteiger partial charge is 0.272 e. The molecule has 0 spiro atoms. The zero-order valence-electron chi connectivity index (χ0n) is 8.84. The van der Waals surface area contributed by atoms with Gasteiger partial charge in [0.2, 0.25) is 0 Å². The Morgan fingerprint density at radius 1 is 1.35 bits per heavy atom. The highest BCUT2D eigenvalue weighted by atomic mass is 35.5. The number of halogens is 1. The summed E-state index contributed by atoms with van der Waals surface area (Å²) in [5.74, 6) is 0.139. The van der Waals surface area contributed by atoms with Crippen LogP contribution in [0.25, 0.3) is 0 Å². The predicted molar refractivity (Wildman–Crippen MR) is 69.1 cm³/mol. The van der Waals surface area contributed by atoms with Gasteiger partial charge in [0, 0.05) is 11.1 Å². The molecule has 2 aromatic heterocycles. The first kappa shape index (κ1) is 12.3. The van der Waals surface area contributed by atoms with Crippen molar-refractivity contribution in [2.24, 2.45) is 0 Å². The van der Waals surface area contributed by atoms with E-state index in [1.54, 1.807) is 24.3 Å². The molecule has 0 bridgehead atoms. The number of hydrogen-bond acceptors (Lipinski definition) is 4. The third-order valence-electron chi connectivity index (χ3n) is 1.97. The van der Waals surface area contributed by atoms with Gasteiger partial charge in [0.25, 0.3) is 10.0 Å². The number of thiophene rings is 1. The van der Waals surface area contributed by atoms with Gasteiger partial charge in [-0.15, -0.1) is 11.3 Å². The molecule has 1 N–H and O–H groups in total. The summed E-state index contributed by atoms with van der Waals surface area (Å²) in [6.45, 7) is 1.84. The van der Waals surface area contributed by atoms with Gasteiger partial charge in [-0.3, -0.25) is 4.72 Å². The van der Waals surface area contributed by atoms with Gasteiger partial charge in [-0.25, -0.2) is 13.4 Å². The monoisotopic (exact) mass is 288 g/mol. The van der Waals surface area contributed by atoms with E-state index in [1.807, 2.05) is 6.92 Å². The standard InChI is InChI=1S/C10H9ClN2O2S2/c1-7-4-5-9(16-7)17(14,15)13-10-8(11)3-2-6-12-10/h2-6H,1H3,(H,12,13). The van der Waals surface area contributed by atoms with Gasteiger partial charge >= 0.3 is 0 Å². The molecule has 0 aromatic carbocycles. The molecule has 0 aliphatic rings. The average Bonchev–Trinajstić information content (AvgIpc) is 2.69. The fourth-order valence-electron chi connectivity index (χ4n) is 1.19. The summed E-state index contributed by atoms with van der Waals surface area (Å²) < 4.78 is 26.5. The van der Waals surface area contributed by atoms with E-state index in [4.69, 9.17) is 11.6 Å². The van der Waals surface area contributed by atoms with Gasteiger partial charge in [-0.1, -0.05) is 11.6 Å². The van der Waals surface area contributed by atoms with Crippen LogP contribution in [0.1, 0.15) is 4.88 Å². The third-order valence-corrected chi connectivity index (χ3v) is 5.11. The molecule has 17 heavy (non-hydrogen) atoms. The number of sulfonamides is 1. The summed E-state index contributed by atoms with van der Waals surface area (Å²) >= 11 is 7.04. The minimum Gasteiger partial charge on any atom is -0.261 e. The second-order valence-corrected chi connectivity index (χ2v) is 6.91. The molecule has 0 atom stereocenters. The lowest BCUT2D eigenvalue weighted by Gasteiger charge is -2.06. The average molecular weight is 289 g/mol. The van der Waals surface area contributed by atoms with Crippen LogP contribution in [0.2, 0.25) is 5.02 Å². The van der Waals surface area contributed by atoms with Crippen LogP contribution in [0.3, 0.4) is 0 Å². The van der Waals surface area contributed by atoms with Crippen LogP contribution in [-0.2, 0) is 10.0 Å². The first-order chi connectivity index (χ1) is 7.99. The first-order valence-electron chi connectivity index (χ1n) is 4.69. The normalized spacial score (nSPS) is 11.4. The molecule has 0 aliphatic carbocycles. The quantitative estimate of drug-likeness (QED) is 0.945. The van der Waals surface area contributed by atoms with Crippen molar-refractivity contribution in [1.29, 1.82) is 0 Å². The molecule has 2 aromatic rings. The van der Waals surface area contributed by atoms with Crippen LogP contribution in [0, 0.1) is 6.92 Å². The van der Waals surface area contributed by atoms with Crippen LogP contribution >= 0.6 is 22.9 Å². The maximum Gasteiger partial charge on any atom is 0.272 e. The molecule has 0 saturated heterocycles. The van der Waals surface area contributed by atoms with Crippen LogP contribution in [0.15, 0.2) is 34.7 Å². The Kier molecular flexibility index (Phi) is 3.37. The van der Waals surface area contributed by atoms with E-state index in [0.717, 1.165) is 4.88 Å². The fourth-order valence-corrected chi connectivity index (χ4v) is 3.73. The van der Waals surface area contributed by atoms with Gasteiger partial charge in [-0.2, -0.15) is 0 Å². The van der Waals surface area contributed by atoms with Crippen LogP contribution in [-0.4, -0.2) is 13.4 Å². The van der Waals surface area contributed by atoms with E-state index >= 15 is 0 Å². The number of nitrogens with one attached hydrogen (secondary N) is 1. The smallest absolute Gasteiger partial charge is 0.261 e. The van der Waals surface area contributed by atoms with Crippen molar-refractivity contribution in [3.05, 3.63) is 40.4 Å². The van der Waals surface area contributed by atoms with E-state index in [0.29, 0.717) is 0 Å². The van der Waals surface area contributed by atoms with Crippen molar-refractivity contribution in [2.75, 3.05) is 4.72 Å². The highest BCUT2D eigenvalue weighted by Gasteiger charge is 2.17. The molecular formula is C10H9ClN2O2S2. The minimum absolute atomic E-state index is 0.139. The molecule has 0 fully saturated rings. The number of nitrogens with zero attached hydrogens (tertiary/aromatic N) is 1. The Hall–Kier alpha value is -1.11. The van der Waals surface area contributed by atoms with Gasteiger partial charge in [0.1, 0.15) is 4.21 Å². The van der Waals surface area contributed by atoms with Gasteiger partial charge in [0.05, 0.1) is 5.02 Å². The van der Waals surface area contributed by atoms with E-state index in [1.165, 1.54) is 17.5 Å². The Balaban J connectivity index is 2.33. The van der Waals surface area contributed by atoms with E-state index < -0.39 is 10.0 Å². The fraction of sp³-hybridized carbons (Fsp3) is 0.100. The topological polar surface area (TPSA) is 59.1 Å². The summed E-state index contributed by atoms with van der Waals surface area (Å²) in [4.78, 5) is 4.81. The van der Waals surface area contributed by atoms with Gasteiger partial charge in [0.15, 0.2) is 5.82 Å². The van der Waals surface area contributed by atoms with E-state index in [-0.39, 0.29) is 15.0 Å². The maximum absolute atomic E-state index is 12.0. The summed E-state index contributed by atoms with van der Waals surface area (Å²) in [7, 11) is -3.59. The number of anilines is 1. The zero-order chi connectivity index (χ0) is 12.5. The number of pyridine rings is 1. The molecule has 4 nitrogen and oxygen atoms in total. The number of hydrogen-bond donors (Lipinski definition) is 1. The van der Waals surface area contributed by atoms with E-state index in [9.17, 15) is 8.42 Å². The Labute approximate surface area is 108 Å². The molecule has 90 valence electrons. The molecule has 0 aliphatic heterocycles. The lowest BCUT2D eigenvalue weighted by molar-refractivity contribution is 0.603. The summed E-state index contributed by atoms with van der Waals surface area (Å²) in [5, 5.41) is 0.268. The molecule has 0 amide bonds. The molecule has 0 saturated carbocycles. The molecule has 0 unspecified atom stereocenters. The molecular weight excluding hydrogens is 280 g/mol. The summed E-state index contributed by atoms with van der Waals surface area (Å²) in [6, 6.07) is 6.51. The highest BCUT2D eigenvalue weighted by Crippen LogP contribution is 2.25. The summed E-state index contributed by atoms with van der Waals surface area (Å²) in [6.07, 6.45) is 1.48. The molecule has 2 heterocycles.